The molecule has 0 spiro atoms. The second kappa shape index (κ2) is 11.1. The van der Waals surface area contributed by atoms with Crippen LogP contribution in [-0.4, -0.2) is 55.5 Å². The Morgan fingerprint density at radius 1 is 1.04 bits per heavy atom. The van der Waals surface area contributed by atoms with E-state index in [-0.39, 0.29) is 0 Å². The summed E-state index contributed by atoms with van der Waals surface area (Å²) in [5.74, 6) is 1.16. The number of hydrogen-bond donors (Lipinski definition) is 0. The Balaban J connectivity index is 1.70. The number of benzene rings is 1. The van der Waals surface area contributed by atoms with Crippen LogP contribution in [0.3, 0.4) is 0 Å². The number of nitrogens with zero attached hydrogens (tertiary/aromatic N) is 2. The molecule has 0 unspecified atom stereocenters. The molecule has 1 heterocycles. The fourth-order valence-electron chi connectivity index (χ4n) is 3.41. The summed E-state index contributed by atoms with van der Waals surface area (Å²) in [5.41, 5.74) is 1.20. The predicted molar refractivity (Wildman–Crippen MR) is 103 cm³/mol. The summed E-state index contributed by atoms with van der Waals surface area (Å²) in [5, 5.41) is 0. The first-order chi connectivity index (χ1) is 12.2. The number of unbranched alkanes of at least 4 members (excludes halogenated alkanes) is 3. The topological polar surface area (TPSA) is 32.8 Å². The van der Waals surface area contributed by atoms with Crippen molar-refractivity contribution in [2.45, 2.75) is 51.9 Å². The highest BCUT2D eigenvalue weighted by Crippen LogP contribution is 2.14. The van der Waals surface area contributed by atoms with Crippen molar-refractivity contribution in [2.75, 3.05) is 39.8 Å². The molecule has 1 aliphatic heterocycles. The standard InChI is InChI=1S/C21H34N2O2/c1-3-4-5-6-14-22-15-7-16-23(18-17-22)21(24)13-10-19-8-11-20(25-2)12-9-19/h8-9,11-12H,3-7,10,13-18H2,1-2H3. The number of rotatable bonds is 9. The van der Waals surface area contributed by atoms with E-state index in [4.69, 9.17) is 4.74 Å². The van der Waals surface area contributed by atoms with E-state index in [0.29, 0.717) is 12.3 Å². The number of carbonyl (C=O) groups is 1. The monoisotopic (exact) mass is 346 g/mol. The normalized spacial score (nSPS) is 15.8. The van der Waals surface area contributed by atoms with E-state index in [0.717, 1.165) is 44.8 Å². The van der Waals surface area contributed by atoms with E-state index in [1.54, 1.807) is 7.11 Å². The first-order valence-corrected chi connectivity index (χ1v) is 9.86. The lowest BCUT2D eigenvalue weighted by Gasteiger charge is -2.22. The van der Waals surface area contributed by atoms with E-state index in [1.165, 1.54) is 37.8 Å². The van der Waals surface area contributed by atoms with Gasteiger partial charge in [0.05, 0.1) is 7.11 Å². The van der Waals surface area contributed by atoms with E-state index in [9.17, 15) is 4.79 Å². The third-order valence-electron chi connectivity index (χ3n) is 5.06. The maximum absolute atomic E-state index is 12.5. The maximum Gasteiger partial charge on any atom is 0.222 e. The van der Waals surface area contributed by atoms with Gasteiger partial charge in [0.2, 0.25) is 5.91 Å². The van der Waals surface area contributed by atoms with Crippen LogP contribution < -0.4 is 4.74 Å². The summed E-state index contributed by atoms with van der Waals surface area (Å²) in [6, 6.07) is 8.02. The molecule has 0 N–H and O–H groups in total. The summed E-state index contributed by atoms with van der Waals surface area (Å²) < 4.78 is 5.18. The Labute approximate surface area is 153 Å². The minimum atomic E-state index is 0.295. The van der Waals surface area contributed by atoms with E-state index in [1.807, 2.05) is 24.3 Å². The average Bonchev–Trinajstić information content (AvgIpc) is 2.89. The first kappa shape index (κ1) is 19.8. The van der Waals surface area contributed by atoms with Gasteiger partial charge >= 0.3 is 0 Å². The van der Waals surface area contributed by atoms with Crippen molar-refractivity contribution >= 4 is 5.91 Å². The smallest absolute Gasteiger partial charge is 0.222 e. The van der Waals surface area contributed by atoms with E-state index < -0.39 is 0 Å². The number of amides is 1. The molecule has 0 bridgehead atoms. The Hall–Kier alpha value is -1.55. The van der Waals surface area contributed by atoms with Crippen LogP contribution in [0.5, 0.6) is 5.75 Å². The largest absolute Gasteiger partial charge is 0.497 e. The molecule has 1 aromatic rings. The van der Waals surface area contributed by atoms with Crippen LogP contribution in [0, 0.1) is 0 Å². The molecule has 0 atom stereocenters. The highest BCUT2D eigenvalue weighted by molar-refractivity contribution is 5.76. The highest BCUT2D eigenvalue weighted by Gasteiger charge is 2.18. The van der Waals surface area contributed by atoms with Gasteiger partial charge in [-0.25, -0.2) is 0 Å². The summed E-state index contributed by atoms with van der Waals surface area (Å²) in [6.45, 7) is 7.39. The Morgan fingerprint density at radius 2 is 1.84 bits per heavy atom. The molecule has 1 aliphatic rings. The van der Waals surface area contributed by atoms with Crippen LogP contribution in [0.15, 0.2) is 24.3 Å². The first-order valence-electron chi connectivity index (χ1n) is 9.86. The predicted octanol–water partition coefficient (Wildman–Crippen LogP) is 3.74. The molecule has 0 aliphatic carbocycles. The molecule has 1 saturated heterocycles. The van der Waals surface area contributed by atoms with E-state index >= 15 is 0 Å². The van der Waals surface area contributed by atoms with Crippen molar-refractivity contribution in [3.63, 3.8) is 0 Å². The minimum absolute atomic E-state index is 0.295. The molecule has 2 rings (SSSR count). The van der Waals surface area contributed by atoms with Crippen molar-refractivity contribution in [1.82, 2.24) is 9.80 Å². The lowest BCUT2D eigenvalue weighted by molar-refractivity contribution is -0.131. The summed E-state index contributed by atoms with van der Waals surface area (Å²) in [6.07, 6.45) is 7.75. The molecule has 25 heavy (non-hydrogen) atoms. The van der Waals surface area contributed by atoms with Crippen LogP contribution in [0.1, 0.15) is 51.0 Å². The van der Waals surface area contributed by atoms with Gasteiger partial charge in [-0.15, -0.1) is 0 Å². The van der Waals surface area contributed by atoms with Gasteiger partial charge < -0.3 is 14.5 Å². The lowest BCUT2D eigenvalue weighted by atomic mass is 10.1. The number of ether oxygens (including phenoxy) is 1. The molecule has 0 radical (unpaired) electrons. The highest BCUT2D eigenvalue weighted by atomic mass is 16.5. The molecule has 0 saturated carbocycles. The van der Waals surface area contributed by atoms with Crippen LogP contribution in [0.25, 0.3) is 0 Å². The maximum atomic E-state index is 12.5. The summed E-state index contributed by atoms with van der Waals surface area (Å²) in [4.78, 5) is 17.1. The summed E-state index contributed by atoms with van der Waals surface area (Å²) >= 11 is 0. The molecule has 0 aromatic heterocycles. The third-order valence-corrected chi connectivity index (χ3v) is 5.06. The van der Waals surface area contributed by atoms with Gasteiger partial charge in [0, 0.05) is 26.1 Å². The van der Waals surface area contributed by atoms with Gasteiger partial charge in [0.25, 0.3) is 0 Å². The lowest BCUT2D eigenvalue weighted by Crippen LogP contribution is -2.35. The molecular weight excluding hydrogens is 312 g/mol. The molecule has 140 valence electrons. The van der Waals surface area contributed by atoms with Crippen molar-refractivity contribution in [2.24, 2.45) is 0 Å². The van der Waals surface area contributed by atoms with Crippen molar-refractivity contribution in [3.8, 4) is 5.75 Å². The zero-order chi connectivity index (χ0) is 17.9. The molecule has 4 nitrogen and oxygen atoms in total. The second-order valence-corrected chi connectivity index (χ2v) is 6.98. The fourth-order valence-corrected chi connectivity index (χ4v) is 3.41. The molecule has 4 heteroatoms. The number of methoxy groups -OCH3 is 1. The van der Waals surface area contributed by atoms with Gasteiger partial charge in [-0.05, 0) is 50.0 Å². The molecular formula is C21H34N2O2. The molecule has 1 fully saturated rings. The zero-order valence-corrected chi connectivity index (χ0v) is 16.0. The fraction of sp³-hybridized carbons (Fsp3) is 0.667. The van der Waals surface area contributed by atoms with Gasteiger partial charge in [-0.2, -0.15) is 0 Å². The van der Waals surface area contributed by atoms with E-state index in [2.05, 4.69) is 16.7 Å². The van der Waals surface area contributed by atoms with Crippen LogP contribution in [-0.2, 0) is 11.2 Å². The number of aryl methyl sites for hydroxylation is 1. The van der Waals surface area contributed by atoms with Crippen LogP contribution in [0.2, 0.25) is 0 Å². The average molecular weight is 347 g/mol. The van der Waals surface area contributed by atoms with Crippen LogP contribution >= 0.6 is 0 Å². The van der Waals surface area contributed by atoms with Crippen molar-refractivity contribution in [3.05, 3.63) is 29.8 Å². The van der Waals surface area contributed by atoms with Crippen molar-refractivity contribution < 1.29 is 9.53 Å². The molecule has 1 amide bonds. The molecule has 1 aromatic carbocycles. The number of hydrogen-bond acceptors (Lipinski definition) is 3. The third kappa shape index (κ3) is 7.07. The van der Waals surface area contributed by atoms with Gasteiger partial charge in [-0.3, -0.25) is 4.79 Å². The SMILES string of the molecule is CCCCCCN1CCCN(C(=O)CCc2ccc(OC)cc2)CC1. The van der Waals surface area contributed by atoms with Gasteiger partial charge in [0.15, 0.2) is 0 Å². The van der Waals surface area contributed by atoms with Crippen molar-refractivity contribution in [1.29, 1.82) is 0 Å². The number of carbonyl (C=O) groups excluding carboxylic acids is 1. The van der Waals surface area contributed by atoms with Crippen LogP contribution in [0.4, 0.5) is 0 Å². The van der Waals surface area contributed by atoms with Gasteiger partial charge in [-0.1, -0.05) is 38.3 Å². The Kier molecular flexibility index (Phi) is 8.81. The zero-order valence-electron chi connectivity index (χ0n) is 16.0. The Morgan fingerprint density at radius 3 is 2.56 bits per heavy atom. The second-order valence-electron chi connectivity index (χ2n) is 6.98. The van der Waals surface area contributed by atoms with Gasteiger partial charge in [0.1, 0.15) is 5.75 Å². The summed E-state index contributed by atoms with van der Waals surface area (Å²) in [7, 11) is 1.67. The Bertz CT molecular complexity index is 501. The minimum Gasteiger partial charge on any atom is -0.497 e. The quantitative estimate of drug-likeness (QED) is 0.639.